The molecular formula is C26H32ClN3O3. The molecule has 6 nitrogen and oxygen atoms in total. The molecule has 3 N–H and O–H groups in total. The first-order valence-corrected chi connectivity index (χ1v) is 12.2. The van der Waals surface area contributed by atoms with E-state index in [0.29, 0.717) is 30.1 Å². The smallest absolute Gasteiger partial charge is 0.254 e. The van der Waals surface area contributed by atoms with Gasteiger partial charge in [0.15, 0.2) is 0 Å². The van der Waals surface area contributed by atoms with E-state index in [9.17, 15) is 14.7 Å². The molecule has 0 aromatic heterocycles. The lowest BCUT2D eigenvalue weighted by Gasteiger charge is -2.39. The number of rotatable bonds is 6. The molecule has 2 atom stereocenters. The number of carbonyl (C=O) groups excluding carboxylic acids is 2. The highest BCUT2D eigenvalue weighted by molar-refractivity contribution is 6.30. The second-order valence-electron chi connectivity index (χ2n) is 9.21. The molecule has 176 valence electrons. The molecule has 2 amide bonds. The number of amides is 2. The number of phenols is 1. The van der Waals surface area contributed by atoms with Crippen molar-refractivity contribution < 1.29 is 14.7 Å². The Kier molecular flexibility index (Phi) is 7.56. The summed E-state index contributed by atoms with van der Waals surface area (Å²) in [7, 11) is 0. The molecule has 2 unspecified atom stereocenters. The molecule has 0 radical (unpaired) electrons. The molecule has 2 aromatic carbocycles. The lowest BCUT2D eigenvalue weighted by Crippen LogP contribution is -2.50. The summed E-state index contributed by atoms with van der Waals surface area (Å²) in [5.41, 5.74) is 7.81. The standard InChI is InChI=1S/C26H32ClN3O3/c27-20-10-6-18(7-11-20)16-24(28)26(33)29-15-14-22(17-29)30(21-4-2-1-3-5-21)25(32)19-8-12-23(31)13-9-19/h6-13,21-22,24,31H,1-5,14-17,28H2. The van der Waals surface area contributed by atoms with Gasteiger partial charge in [0.05, 0.1) is 12.1 Å². The third-order valence-corrected chi connectivity index (χ3v) is 7.12. The Morgan fingerprint density at radius 2 is 1.67 bits per heavy atom. The fraction of sp³-hybridized carbons (Fsp3) is 0.462. The lowest BCUT2D eigenvalue weighted by molar-refractivity contribution is -0.131. The van der Waals surface area contributed by atoms with E-state index in [0.717, 1.165) is 37.7 Å². The minimum atomic E-state index is -0.624. The van der Waals surface area contributed by atoms with Crippen LogP contribution in [0.25, 0.3) is 0 Å². The Hall–Kier alpha value is -2.57. The van der Waals surface area contributed by atoms with Gasteiger partial charge in [-0.25, -0.2) is 0 Å². The number of nitrogens with two attached hydrogens (primary N) is 1. The molecule has 1 heterocycles. The Balaban J connectivity index is 1.45. The zero-order valence-electron chi connectivity index (χ0n) is 18.8. The number of benzene rings is 2. The van der Waals surface area contributed by atoms with Crippen molar-refractivity contribution in [1.82, 2.24) is 9.80 Å². The van der Waals surface area contributed by atoms with Crippen LogP contribution in [-0.4, -0.2) is 57.9 Å². The average molecular weight is 470 g/mol. The van der Waals surface area contributed by atoms with Crippen molar-refractivity contribution in [3.05, 3.63) is 64.7 Å². The number of halogens is 1. The number of carbonyl (C=O) groups is 2. The Bertz CT molecular complexity index is 958. The van der Waals surface area contributed by atoms with Gasteiger partial charge in [0.1, 0.15) is 5.75 Å². The highest BCUT2D eigenvalue weighted by Gasteiger charge is 2.38. The van der Waals surface area contributed by atoms with Crippen LogP contribution in [0.15, 0.2) is 48.5 Å². The monoisotopic (exact) mass is 469 g/mol. The number of phenolic OH excluding ortho intramolecular Hbond substituents is 1. The fourth-order valence-corrected chi connectivity index (χ4v) is 5.23. The van der Waals surface area contributed by atoms with E-state index in [2.05, 4.69) is 0 Å². The highest BCUT2D eigenvalue weighted by Crippen LogP contribution is 2.29. The van der Waals surface area contributed by atoms with Crippen molar-refractivity contribution in [2.75, 3.05) is 13.1 Å². The minimum Gasteiger partial charge on any atom is -0.508 e. The summed E-state index contributed by atoms with van der Waals surface area (Å²) in [5.74, 6) is 0.0443. The molecule has 7 heteroatoms. The molecule has 1 saturated heterocycles. The van der Waals surface area contributed by atoms with Crippen molar-refractivity contribution in [2.24, 2.45) is 5.73 Å². The number of likely N-dealkylation sites (tertiary alicyclic amines) is 1. The molecule has 1 aliphatic heterocycles. The van der Waals surface area contributed by atoms with Crippen molar-refractivity contribution in [3.63, 3.8) is 0 Å². The van der Waals surface area contributed by atoms with Crippen molar-refractivity contribution >= 4 is 23.4 Å². The van der Waals surface area contributed by atoms with E-state index in [1.165, 1.54) is 6.42 Å². The molecular weight excluding hydrogens is 438 g/mol. The number of aromatic hydroxyl groups is 1. The van der Waals surface area contributed by atoms with Crippen molar-refractivity contribution in [1.29, 1.82) is 0 Å². The molecule has 0 bridgehead atoms. The van der Waals surface area contributed by atoms with E-state index in [1.807, 2.05) is 21.9 Å². The highest BCUT2D eigenvalue weighted by atomic mass is 35.5. The van der Waals surface area contributed by atoms with Crippen LogP contribution in [0, 0.1) is 0 Å². The molecule has 2 aromatic rings. The lowest BCUT2D eigenvalue weighted by atomic mass is 9.92. The average Bonchev–Trinajstić information content (AvgIpc) is 3.31. The van der Waals surface area contributed by atoms with Crippen molar-refractivity contribution in [2.45, 2.75) is 63.1 Å². The zero-order chi connectivity index (χ0) is 23.4. The van der Waals surface area contributed by atoms with E-state index in [4.69, 9.17) is 17.3 Å². The Morgan fingerprint density at radius 3 is 2.33 bits per heavy atom. The first kappa shape index (κ1) is 23.6. The summed E-state index contributed by atoms with van der Waals surface area (Å²) >= 11 is 5.95. The van der Waals surface area contributed by atoms with Crippen LogP contribution >= 0.6 is 11.6 Å². The minimum absolute atomic E-state index is 0.0216. The number of hydrogen-bond donors (Lipinski definition) is 2. The quantitative estimate of drug-likeness (QED) is 0.669. The van der Waals surface area contributed by atoms with Gasteiger partial charge in [0, 0.05) is 29.7 Å². The summed E-state index contributed by atoms with van der Waals surface area (Å²) < 4.78 is 0. The zero-order valence-corrected chi connectivity index (χ0v) is 19.6. The van der Waals surface area contributed by atoms with E-state index < -0.39 is 6.04 Å². The largest absolute Gasteiger partial charge is 0.508 e. The SMILES string of the molecule is NC(Cc1ccc(Cl)cc1)C(=O)N1CCC(N(C(=O)c2ccc(O)cc2)C2CCCCC2)C1. The predicted octanol–water partition coefficient (Wildman–Crippen LogP) is 3.99. The normalized spacial score (nSPS) is 19.9. The molecule has 2 aliphatic rings. The van der Waals surface area contributed by atoms with E-state index >= 15 is 0 Å². The van der Waals surface area contributed by atoms with Gasteiger partial charge in [-0.1, -0.05) is 43.0 Å². The van der Waals surface area contributed by atoms with Gasteiger partial charge in [-0.15, -0.1) is 0 Å². The van der Waals surface area contributed by atoms with Crippen LogP contribution in [0.1, 0.15) is 54.4 Å². The summed E-state index contributed by atoms with van der Waals surface area (Å²) in [6.45, 7) is 1.11. The van der Waals surface area contributed by atoms with Crippen molar-refractivity contribution in [3.8, 4) is 5.75 Å². The van der Waals surface area contributed by atoms with Gasteiger partial charge < -0.3 is 20.6 Å². The van der Waals surface area contributed by atoms with Gasteiger partial charge in [0.25, 0.3) is 5.91 Å². The third kappa shape index (κ3) is 5.68. The van der Waals surface area contributed by atoms with E-state index in [1.54, 1.807) is 36.4 Å². The fourth-order valence-electron chi connectivity index (χ4n) is 5.11. The number of nitrogens with zero attached hydrogens (tertiary/aromatic N) is 2. The maximum atomic E-state index is 13.5. The molecule has 0 spiro atoms. The Morgan fingerprint density at radius 1 is 1.00 bits per heavy atom. The van der Waals surface area contributed by atoms with Gasteiger partial charge >= 0.3 is 0 Å². The van der Waals surface area contributed by atoms with E-state index in [-0.39, 0.29) is 29.6 Å². The van der Waals surface area contributed by atoms with Gasteiger partial charge in [0.2, 0.25) is 5.91 Å². The maximum Gasteiger partial charge on any atom is 0.254 e. The van der Waals surface area contributed by atoms with Gasteiger partial charge in [-0.05, 0) is 67.6 Å². The molecule has 4 rings (SSSR count). The summed E-state index contributed by atoms with van der Waals surface area (Å²) in [6, 6.07) is 13.4. The Labute approximate surface area is 200 Å². The van der Waals surface area contributed by atoms with Crippen LogP contribution in [-0.2, 0) is 11.2 Å². The topological polar surface area (TPSA) is 86.9 Å². The summed E-state index contributed by atoms with van der Waals surface area (Å²) in [4.78, 5) is 30.4. The predicted molar refractivity (Wildman–Crippen MR) is 129 cm³/mol. The molecule has 1 saturated carbocycles. The van der Waals surface area contributed by atoms with Crippen LogP contribution in [0.2, 0.25) is 5.02 Å². The molecule has 1 aliphatic carbocycles. The first-order chi connectivity index (χ1) is 15.9. The van der Waals surface area contributed by atoms with Crippen LogP contribution in [0.3, 0.4) is 0 Å². The molecule has 2 fully saturated rings. The third-order valence-electron chi connectivity index (χ3n) is 6.87. The first-order valence-electron chi connectivity index (χ1n) is 11.8. The summed E-state index contributed by atoms with van der Waals surface area (Å²) in [6.07, 6.45) is 6.62. The van der Waals surface area contributed by atoms with Crippen LogP contribution in [0.4, 0.5) is 0 Å². The van der Waals surface area contributed by atoms with Gasteiger partial charge in [-0.3, -0.25) is 9.59 Å². The van der Waals surface area contributed by atoms with Crippen LogP contribution < -0.4 is 5.73 Å². The second-order valence-corrected chi connectivity index (χ2v) is 9.65. The second kappa shape index (κ2) is 10.6. The van der Waals surface area contributed by atoms with Crippen LogP contribution in [0.5, 0.6) is 5.75 Å². The maximum absolute atomic E-state index is 13.5. The number of hydrogen-bond acceptors (Lipinski definition) is 4. The summed E-state index contributed by atoms with van der Waals surface area (Å²) in [5, 5.41) is 10.3. The molecule has 33 heavy (non-hydrogen) atoms. The van der Waals surface area contributed by atoms with Gasteiger partial charge in [-0.2, -0.15) is 0 Å².